The Labute approximate surface area is 191 Å². The van der Waals surface area contributed by atoms with Gasteiger partial charge in [0.15, 0.2) is 5.78 Å². The van der Waals surface area contributed by atoms with Crippen LogP contribution in [0.4, 0.5) is 4.79 Å². The molecule has 0 aliphatic heterocycles. The summed E-state index contributed by atoms with van der Waals surface area (Å²) in [5.74, 6) is -1.00. The quantitative estimate of drug-likeness (QED) is 0.394. The zero-order valence-corrected chi connectivity index (χ0v) is 18.9. The summed E-state index contributed by atoms with van der Waals surface area (Å²) in [6.45, 7) is 9.32. The number of ether oxygens (including phenoxy) is 2. The lowest BCUT2D eigenvalue weighted by molar-refractivity contribution is 0.0539. The number of carbonyl (C=O) groups excluding carboxylic acids is 2. The van der Waals surface area contributed by atoms with Gasteiger partial charge in [0.05, 0.1) is 18.4 Å². The molecule has 0 amide bonds. The number of hydrogen-bond donors (Lipinski definition) is 1. The molecule has 7 heteroatoms. The molecule has 0 aliphatic rings. The van der Waals surface area contributed by atoms with Gasteiger partial charge < -0.3 is 14.6 Å². The maximum Gasteiger partial charge on any atom is 0.418 e. The van der Waals surface area contributed by atoms with E-state index in [-0.39, 0.29) is 16.9 Å². The molecule has 0 atom stereocenters. The molecular weight excluding hydrogens is 422 g/mol. The molecule has 1 N–H and O–H groups in total. The molecule has 0 fully saturated rings. The molecule has 1 aromatic heterocycles. The van der Waals surface area contributed by atoms with Gasteiger partial charge in [0, 0.05) is 22.9 Å². The second-order valence-corrected chi connectivity index (χ2v) is 8.35. The van der Waals surface area contributed by atoms with Gasteiger partial charge in [-0.3, -0.25) is 9.36 Å². The predicted molar refractivity (Wildman–Crippen MR) is 125 cm³/mol. The minimum absolute atomic E-state index is 0.0830. The highest BCUT2D eigenvalue weighted by molar-refractivity contribution is 6.29. The van der Waals surface area contributed by atoms with E-state index in [1.165, 1.54) is 35.9 Å². The Morgan fingerprint density at radius 1 is 0.970 bits per heavy atom. The van der Waals surface area contributed by atoms with Gasteiger partial charge >= 0.3 is 12.1 Å². The number of ketones is 1. The number of benzene rings is 2. The molecule has 3 aromatic rings. The molecule has 0 radical (unpaired) electrons. The molecule has 170 valence electrons. The highest BCUT2D eigenvalue weighted by Crippen LogP contribution is 2.33. The average molecular weight is 447 g/mol. The number of aromatic nitrogens is 1. The lowest BCUT2D eigenvalue weighted by atomic mass is 9.95. The van der Waals surface area contributed by atoms with Crippen molar-refractivity contribution in [2.75, 3.05) is 7.11 Å². The summed E-state index contributed by atoms with van der Waals surface area (Å²) in [6.07, 6.45) is 1.09. The third kappa shape index (κ3) is 5.20. The lowest BCUT2D eigenvalue weighted by Crippen LogP contribution is -2.27. The van der Waals surface area contributed by atoms with E-state index in [1.54, 1.807) is 57.3 Å². The number of Topliss-reactive ketones (excluding diaryl/α,β-unsaturated/α-hetero) is 1. The topological polar surface area (TPSA) is 94.8 Å². The fraction of sp³-hybridized carbons (Fsp3) is 0.192. The van der Waals surface area contributed by atoms with E-state index in [4.69, 9.17) is 14.6 Å². The van der Waals surface area contributed by atoms with Gasteiger partial charge in [0.2, 0.25) is 0 Å². The Bertz CT molecular complexity index is 1230. The zero-order chi connectivity index (χ0) is 24.3. The van der Waals surface area contributed by atoms with E-state index in [2.05, 4.69) is 6.58 Å². The van der Waals surface area contributed by atoms with Gasteiger partial charge in [-0.2, -0.15) is 0 Å². The SMILES string of the molecule is C=C(C(=O)c1ccc(C(=O)O)cc1)c1cc(-c2cccn2C(=O)OC(C)(C)C)ccc1OC. The van der Waals surface area contributed by atoms with Crippen LogP contribution >= 0.6 is 0 Å². The Hall–Kier alpha value is -4.13. The van der Waals surface area contributed by atoms with Crippen molar-refractivity contribution >= 4 is 23.4 Å². The van der Waals surface area contributed by atoms with Crippen molar-refractivity contribution in [3.63, 3.8) is 0 Å². The van der Waals surface area contributed by atoms with Gasteiger partial charge in [-0.05, 0) is 68.8 Å². The average Bonchev–Trinajstić information content (AvgIpc) is 3.27. The van der Waals surface area contributed by atoms with Crippen molar-refractivity contribution in [2.24, 2.45) is 0 Å². The first-order valence-electron chi connectivity index (χ1n) is 10.2. The normalized spacial score (nSPS) is 11.0. The minimum atomic E-state index is -1.07. The van der Waals surface area contributed by atoms with Crippen LogP contribution in [-0.4, -0.2) is 40.2 Å². The van der Waals surface area contributed by atoms with Crippen molar-refractivity contribution in [1.82, 2.24) is 4.57 Å². The summed E-state index contributed by atoms with van der Waals surface area (Å²) in [5, 5.41) is 9.06. The van der Waals surface area contributed by atoms with Crippen molar-refractivity contribution < 1.29 is 29.0 Å². The molecular formula is C26H25NO6. The van der Waals surface area contributed by atoms with Gasteiger partial charge in [-0.1, -0.05) is 18.7 Å². The summed E-state index contributed by atoms with van der Waals surface area (Å²) in [5.41, 5.74) is 1.61. The van der Waals surface area contributed by atoms with E-state index in [9.17, 15) is 14.4 Å². The summed E-state index contributed by atoms with van der Waals surface area (Å²) in [7, 11) is 1.49. The Balaban J connectivity index is 1.98. The second-order valence-electron chi connectivity index (χ2n) is 8.35. The Kier molecular flexibility index (Phi) is 6.53. The molecule has 0 bridgehead atoms. The van der Waals surface area contributed by atoms with Crippen LogP contribution in [0.5, 0.6) is 5.75 Å². The number of nitrogens with zero attached hydrogens (tertiary/aromatic N) is 1. The van der Waals surface area contributed by atoms with Gasteiger partial charge in [0.1, 0.15) is 11.4 Å². The molecule has 2 aromatic carbocycles. The first kappa shape index (κ1) is 23.5. The number of aromatic carboxylic acids is 1. The number of methoxy groups -OCH3 is 1. The van der Waals surface area contributed by atoms with Gasteiger partial charge in [-0.15, -0.1) is 0 Å². The molecule has 3 rings (SSSR count). The fourth-order valence-electron chi connectivity index (χ4n) is 3.25. The fourth-order valence-corrected chi connectivity index (χ4v) is 3.25. The van der Waals surface area contributed by atoms with Crippen LogP contribution in [0, 0.1) is 0 Å². The third-order valence-corrected chi connectivity index (χ3v) is 4.83. The van der Waals surface area contributed by atoms with Crippen LogP contribution in [0.3, 0.4) is 0 Å². The standard InChI is InChI=1S/C26H25NO6/c1-16(23(28)17-8-10-18(11-9-17)24(29)30)20-15-19(12-13-22(20)32-5)21-7-6-14-27(21)25(31)33-26(2,3)4/h6-15H,1H2,2-5H3,(H,29,30). The molecule has 33 heavy (non-hydrogen) atoms. The molecule has 7 nitrogen and oxygen atoms in total. The van der Waals surface area contributed by atoms with Crippen LogP contribution in [0.15, 0.2) is 67.4 Å². The van der Waals surface area contributed by atoms with Crippen molar-refractivity contribution in [1.29, 1.82) is 0 Å². The summed E-state index contributed by atoms with van der Waals surface area (Å²) < 4.78 is 12.3. The largest absolute Gasteiger partial charge is 0.496 e. The van der Waals surface area contributed by atoms with Crippen molar-refractivity contribution in [3.05, 3.63) is 84.1 Å². The highest BCUT2D eigenvalue weighted by Gasteiger charge is 2.22. The van der Waals surface area contributed by atoms with Gasteiger partial charge in [0.25, 0.3) is 0 Å². The van der Waals surface area contributed by atoms with Crippen LogP contribution in [0.1, 0.15) is 47.1 Å². The summed E-state index contributed by atoms with van der Waals surface area (Å²) in [6, 6.07) is 14.3. The number of carbonyl (C=O) groups is 3. The summed E-state index contributed by atoms with van der Waals surface area (Å²) >= 11 is 0. The molecule has 0 unspecified atom stereocenters. The first-order valence-corrected chi connectivity index (χ1v) is 10.2. The Morgan fingerprint density at radius 3 is 2.18 bits per heavy atom. The molecule has 0 saturated carbocycles. The number of carboxylic acid groups (broad SMARTS) is 1. The Morgan fingerprint density at radius 2 is 1.61 bits per heavy atom. The van der Waals surface area contributed by atoms with Crippen LogP contribution < -0.4 is 4.74 Å². The number of rotatable bonds is 6. The molecule has 0 spiro atoms. The smallest absolute Gasteiger partial charge is 0.418 e. The molecule has 0 saturated heterocycles. The minimum Gasteiger partial charge on any atom is -0.496 e. The van der Waals surface area contributed by atoms with E-state index in [0.717, 1.165) is 0 Å². The molecule has 0 aliphatic carbocycles. The summed E-state index contributed by atoms with van der Waals surface area (Å²) in [4.78, 5) is 36.7. The maximum absolute atomic E-state index is 13.0. The second kappa shape index (κ2) is 9.16. The third-order valence-electron chi connectivity index (χ3n) is 4.83. The highest BCUT2D eigenvalue weighted by atomic mass is 16.6. The van der Waals surface area contributed by atoms with E-state index in [1.807, 2.05) is 0 Å². The molecule has 1 heterocycles. The van der Waals surface area contributed by atoms with E-state index in [0.29, 0.717) is 28.1 Å². The monoisotopic (exact) mass is 447 g/mol. The van der Waals surface area contributed by atoms with Crippen molar-refractivity contribution in [3.8, 4) is 17.0 Å². The predicted octanol–water partition coefficient (Wildman–Crippen LogP) is 5.54. The van der Waals surface area contributed by atoms with E-state index >= 15 is 0 Å². The number of hydrogen-bond acceptors (Lipinski definition) is 5. The van der Waals surface area contributed by atoms with Crippen LogP contribution in [0.25, 0.3) is 16.8 Å². The maximum atomic E-state index is 13.0. The van der Waals surface area contributed by atoms with Crippen LogP contribution in [-0.2, 0) is 4.74 Å². The van der Waals surface area contributed by atoms with Crippen molar-refractivity contribution in [2.45, 2.75) is 26.4 Å². The van der Waals surface area contributed by atoms with E-state index < -0.39 is 17.7 Å². The lowest BCUT2D eigenvalue weighted by Gasteiger charge is -2.20. The van der Waals surface area contributed by atoms with Crippen LogP contribution in [0.2, 0.25) is 0 Å². The number of carboxylic acids is 1. The first-order chi connectivity index (χ1) is 15.5. The number of allylic oxidation sites excluding steroid dienone is 1. The zero-order valence-electron chi connectivity index (χ0n) is 18.9. The van der Waals surface area contributed by atoms with Gasteiger partial charge in [-0.25, -0.2) is 9.59 Å².